The molecule has 1 atom stereocenters. The highest BCUT2D eigenvalue weighted by Gasteiger charge is 2.22. The van der Waals surface area contributed by atoms with E-state index in [-0.39, 0.29) is 5.91 Å². The molecule has 1 aliphatic heterocycles. The van der Waals surface area contributed by atoms with Crippen LogP contribution in [0.5, 0.6) is 5.75 Å². The molecule has 1 aromatic rings. The van der Waals surface area contributed by atoms with Gasteiger partial charge in [0.05, 0.1) is 13.7 Å². The van der Waals surface area contributed by atoms with Crippen molar-refractivity contribution >= 4 is 5.91 Å². The number of carbonyl (C=O) groups is 1. The number of likely N-dealkylation sites (N-methyl/N-ethyl adjacent to an activating group) is 1. The molecule has 0 aromatic heterocycles. The second-order valence-electron chi connectivity index (χ2n) is 5.10. The third kappa shape index (κ3) is 3.95. The molecule has 1 fully saturated rings. The number of hydrogen-bond donors (Lipinski definition) is 2. The predicted octanol–water partition coefficient (Wildman–Crippen LogP) is 0.605. The lowest BCUT2D eigenvalue weighted by Gasteiger charge is -2.16. The molecule has 110 valence electrons. The van der Waals surface area contributed by atoms with E-state index in [2.05, 4.69) is 15.5 Å². The first-order chi connectivity index (χ1) is 9.72. The van der Waals surface area contributed by atoms with Crippen LogP contribution in [0.4, 0.5) is 0 Å². The highest BCUT2D eigenvalue weighted by molar-refractivity contribution is 5.78. The summed E-state index contributed by atoms with van der Waals surface area (Å²) in [6.07, 6.45) is 1.11. The maximum Gasteiger partial charge on any atom is 0.234 e. The average Bonchev–Trinajstić information content (AvgIpc) is 2.93. The van der Waals surface area contributed by atoms with Gasteiger partial charge in [-0.1, -0.05) is 18.2 Å². The summed E-state index contributed by atoms with van der Waals surface area (Å²) >= 11 is 0. The lowest BCUT2D eigenvalue weighted by atomic mass is 10.2. The number of hydrogen-bond acceptors (Lipinski definition) is 4. The van der Waals surface area contributed by atoms with Crippen molar-refractivity contribution in [2.45, 2.75) is 19.0 Å². The minimum atomic E-state index is 0.0626. The Morgan fingerprint density at radius 2 is 2.25 bits per heavy atom. The molecule has 1 unspecified atom stereocenters. The molecule has 1 heterocycles. The Hall–Kier alpha value is -1.59. The van der Waals surface area contributed by atoms with Crippen LogP contribution in [0.25, 0.3) is 0 Å². The number of benzene rings is 1. The largest absolute Gasteiger partial charge is 0.496 e. The van der Waals surface area contributed by atoms with Gasteiger partial charge in [-0.3, -0.25) is 9.69 Å². The van der Waals surface area contributed by atoms with Crippen LogP contribution in [-0.2, 0) is 11.3 Å². The zero-order chi connectivity index (χ0) is 14.4. The Labute approximate surface area is 120 Å². The summed E-state index contributed by atoms with van der Waals surface area (Å²) in [4.78, 5) is 14.1. The minimum Gasteiger partial charge on any atom is -0.496 e. The molecular formula is C15H23N3O2. The van der Waals surface area contributed by atoms with Gasteiger partial charge in [0.2, 0.25) is 5.91 Å². The van der Waals surface area contributed by atoms with Crippen LogP contribution in [0.2, 0.25) is 0 Å². The van der Waals surface area contributed by atoms with E-state index in [0.717, 1.165) is 30.8 Å². The van der Waals surface area contributed by atoms with Crippen molar-refractivity contribution in [1.82, 2.24) is 15.5 Å². The molecule has 0 aliphatic carbocycles. The molecule has 1 aromatic carbocycles. The average molecular weight is 277 g/mol. The molecule has 0 radical (unpaired) electrons. The molecule has 2 rings (SSSR count). The Morgan fingerprint density at radius 1 is 1.45 bits per heavy atom. The molecule has 5 nitrogen and oxygen atoms in total. The SMILES string of the molecule is CNC1CCN(CC(=O)NCc2ccccc2OC)C1. The lowest BCUT2D eigenvalue weighted by molar-refractivity contribution is -0.122. The summed E-state index contributed by atoms with van der Waals surface area (Å²) in [5.41, 5.74) is 0.998. The number of ether oxygens (including phenoxy) is 1. The molecule has 0 bridgehead atoms. The third-order valence-corrected chi connectivity index (χ3v) is 3.72. The molecule has 1 aliphatic rings. The van der Waals surface area contributed by atoms with Crippen molar-refractivity contribution in [2.75, 3.05) is 33.8 Å². The van der Waals surface area contributed by atoms with Gasteiger partial charge in [-0.05, 0) is 19.5 Å². The van der Waals surface area contributed by atoms with Crippen molar-refractivity contribution in [3.8, 4) is 5.75 Å². The van der Waals surface area contributed by atoms with Crippen molar-refractivity contribution < 1.29 is 9.53 Å². The van der Waals surface area contributed by atoms with Crippen molar-refractivity contribution in [3.05, 3.63) is 29.8 Å². The van der Waals surface area contributed by atoms with Gasteiger partial charge in [0.15, 0.2) is 0 Å². The number of amides is 1. The van der Waals surface area contributed by atoms with Gasteiger partial charge in [-0.25, -0.2) is 0 Å². The van der Waals surface area contributed by atoms with E-state index in [4.69, 9.17) is 4.74 Å². The number of nitrogens with one attached hydrogen (secondary N) is 2. The number of rotatable bonds is 6. The Bertz CT molecular complexity index is 450. The number of nitrogens with zero attached hydrogens (tertiary/aromatic N) is 1. The van der Waals surface area contributed by atoms with Gasteiger partial charge >= 0.3 is 0 Å². The van der Waals surface area contributed by atoms with Crippen LogP contribution >= 0.6 is 0 Å². The summed E-state index contributed by atoms with van der Waals surface area (Å²) < 4.78 is 5.27. The van der Waals surface area contributed by atoms with Gasteiger partial charge in [0.1, 0.15) is 5.75 Å². The zero-order valence-corrected chi connectivity index (χ0v) is 12.2. The predicted molar refractivity (Wildman–Crippen MR) is 78.7 cm³/mol. The summed E-state index contributed by atoms with van der Waals surface area (Å²) in [5, 5.41) is 6.20. The summed E-state index contributed by atoms with van der Waals surface area (Å²) in [6, 6.07) is 8.25. The normalized spacial score (nSPS) is 19.0. The summed E-state index contributed by atoms with van der Waals surface area (Å²) in [7, 11) is 3.61. The lowest BCUT2D eigenvalue weighted by Crippen LogP contribution is -2.37. The quantitative estimate of drug-likeness (QED) is 0.800. The molecule has 0 saturated carbocycles. The van der Waals surface area contributed by atoms with Crippen molar-refractivity contribution in [2.24, 2.45) is 0 Å². The second kappa shape index (κ2) is 7.26. The third-order valence-electron chi connectivity index (χ3n) is 3.72. The van der Waals surface area contributed by atoms with Crippen LogP contribution < -0.4 is 15.4 Å². The first-order valence-electron chi connectivity index (χ1n) is 7.01. The van der Waals surface area contributed by atoms with Crippen LogP contribution in [0, 0.1) is 0 Å². The van der Waals surface area contributed by atoms with E-state index in [1.165, 1.54) is 0 Å². The molecular weight excluding hydrogens is 254 g/mol. The fourth-order valence-electron chi connectivity index (χ4n) is 2.51. The first-order valence-corrected chi connectivity index (χ1v) is 7.01. The molecule has 0 spiro atoms. The van der Waals surface area contributed by atoms with Gasteiger partial charge in [0, 0.05) is 31.2 Å². The standard InChI is InChI=1S/C15H23N3O2/c1-16-13-7-8-18(10-13)11-15(19)17-9-12-5-3-4-6-14(12)20-2/h3-6,13,16H,7-11H2,1-2H3,(H,17,19). The Morgan fingerprint density at radius 3 is 2.95 bits per heavy atom. The highest BCUT2D eigenvalue weighted by Crippen LogP contribution is 2.16. The van der Waals surface area contributed by atoms with Crippen molar-refractivity contribution in [3.63, 3.8) is 0 Å². The highest BCUT2D eigenvalue weighted by atomic mass is 16.5. The molecule has 5 heteroatoms. The fraction of sp³-hybridized carbons (Fsp3) is 0.533. The maximum absolute atomic E-state index is 12.0. The Kier molecular flexibility index (Phi) is 5.38. The van der Waals surface area contributed by atoms with E-state index in [1.807, 2.05) is 31.3 Å². The van der Waals surface area contributed by atoms with Gasteiger partial charge < -0.3 is 15.4 Å². The number of para-hydroxylation sites is 1. The number of carbonyl (C=O) groups excluding carboxylic acids is 1. The van der Waals surface area contributed by atoms with Gasteiger partial charge in [0.25, 0.3) is 0 Å². The van der Waals surface area contributed by atoms with E-state index >= 15 is 0 Å². The van der Waals surface area contributed by atoms with E-state index in [1.54, 1.807) is 7.11 Å². The monoisotopic (exact) mass is 277 g/mol. The maximum atomic E-state index is 12.0. The molecule has 20 heavy (non-hydrogen) atoms. The smallest absolute Gasteiger partial charge is 0.234 e. The second-order valence-corrected chi connectivity index (χ2v) is 5.10. The van der Waals surface area contributed by atoms with Crippen LogP contribution in [0.1, 0.15) is 12.0 Å². The minimum absolute atomic E-state index is 0.0626. The van der Waals surface area contributed by atoms with E-state index in [9.17, 15) is 4.79 Å². The molecule has 1 amide bonds. The van der Waals surface area contributed by atoms with Gasteiger partial charge in [-0.2, -0.15) is 0 Å². The van der Waals surface area contributed by atoms with E-state index in [0.29, 0.717) is 19.1 Å². The molecule has 1 saturated heterocycles. The summed E-state index contributed by atoms with van der Waals surface area (Å²) in [6.45, 7) is 2.89. The molecule has 2 N–H and O–H groups in total. The van der Waals surface area contributed by atoms with Crippen LogP contribution in [0.3, 0.4) is 0 Å². The van der Waals surface area contributed by atoms with E-state index < -0.39 is 0 Å². The van der Waals surface area contributed by atoms with Crippen LogP contribution in [0.15, 0.2) is 24.3 Å². The topological polar surface area (TPSA) is 53.6 Å². The number of likely N-dealkylation sites (tertiary alicyclic amines) is 1. The van der Waals surface area contributed by atoms with Crippen LogP contribution in [-0.4, -0.2) is 50.6 Å². The van der Waals surface area contributed by atoms with Gasteiger partial charge in [-0.15, -0.1) is 0 Å². The van der Waals surface area contributed by atoms with Crippen molar-refractivity contribution in [1.29, 1.82) is 0 Å². The first kappa shape index (κ1) is 14.8. The summed E-state index contributed by atoms with van der Waals surface area (Å²) in [5.74, 6) is 0.872. The Balaban J connectivity index is 1.78. The zero-order valence-electron chi connectivity index (χ0n) is 12.2. The number of methoxy groups -OCH3 is 1. The fourth-order valence-corrected chi connectivity index (χ4v) is 2.51.